The van der Waals surface area contributed by atoms with Crippen molar-refractivity contribution in [1.29, 1.82) is 0 Å². The first-order chi connectivity index (χ1) is 14.5. The van der Waals surface area contributed by atoms with E-state index in [1.54, 1.807) is 0 Å². The van der Waals surface area contributed by atoms with E-state index >= 15 is 0 Å². The van der Waals surface area contributed by atoms with Crippen molar-refractivity contribution in [2.45, 2.75) is 19.0 Å². The van der Waals surface area contributed by atoms with Crippen molar-refractivity contribution < 1.29 is 9.59 Å². The van der Waals surface area contributed by atoms with Gasteiger partial charge in [0.25, 0.3) is 0 Å². The van der Waals surface area contributed by atoms with Crippen LogP contribution in [0.2, 0.25) is 0 Å². The number of thioether (sulfide) groups is 1. The fourth-order valence-electron chi connectivity index (χ4n) is 2.76. The first kappa shape index (κ1) is 21.3. The zero-order valence-corrected chi connectivity index (χ0v) is 17.7. The fraction of sp³-hybridized carbons (Fsp3) is 0.182. The van der Waals surface area contributed by atoms with Crippen molar-refractivity contribution in [3.63, 3.8) is 0 Å². The highest BCUT2D eigenvalue weighted by Gasteiger charge is 2.18. The fourth-order valence-corrected chi connectivity index (χ4v) is 3.51. The van der Waals surface area contributed by atoms with Crippen LogP contribution in [0.5, 0.6) is 0 Å². The van der Waals surface area contributed by atoms with Crippen molar-refractivity contribution >= 4 is 23.7 Å². The Morgan fingerprint density at radius 1 is 1.10 bits per heavy atom. The molecule has 0 saturated carbocycles. The average Bonchev–Trinajstić information content (AvgIpc) is 3.15. The Morgan fingerprint density at radius 2 is 1.87 bits per heavy atom. The maximum Gasteiger partial charge on any atom is 0.321 e. The van der Waals surface area contributed by atoms with E-state index in [0.29, 0.717) is 11.0 Å². The summed E-state index contributed by atoms with van der Waals surface area (Å²) in [4.78, 5) is 23.8. The number of carbonyl (C=O) groups excluding carboxylic acids is 2. The van der Waals surface area contributed by atoms with Crippen LogP contribution in [0.3, 0.4) is 0 Å². The molecule has 1 aromatic heterocycles. The van der Waals surface area contributed by atoms with Gasteiger partial charge in [0.2, 0.25) is 5.91 Å². The topological polar surface area (TPSA) is 88.9 Å². The summed E-state index contributed by atoms with van der Waals surface area (Å²) in [5.41, 5.74) is 4.09. The molecule has 0 spiro atoms. The molecule has 0 fully saturated rings. The Morgan fingerprint density at radius 3 is 2.57 bits per heavy atom. The molecule has 3 rings (SSSR count). The molecule has 154 valence electrons. The van der Waals surface area contributed by atoms with Crippen LogP contribution in [0.15, 0.2) is 66.3 Å². The van der Waals surface area contributed by atoms with E-state index in [1.807, 2.05) is 66.9 Å². The van der Waals surface area contributed by atoms with Crippen molar-refractivity contribution in [2.75, 3.05) is 12.3 Å². The van der Waals surface area contributed by atoms with Gasteiger partial charge in [-0.2, -0.15) is 0 Å². The molecule has 0 radical (unpaired) electrons. The molecule has 2 aromatic carbocycles. The molecule has 0 bridgehead atoms. The largest absolute Gasteiger partial charge is 0.334 e. The van der Waals surface area contributed by atoms with Crippen LogP contribution in [-0.4, -0.2) is 39.0 Å². The minimum absolute atomic E-state index is 0.0271. The van der Waals surface area contributed by atoms with E-state index in [2.05, 4.69) is 27.4 Å². The molecule has 3 aromatic rings. The second-order valence-electron chi connectivity index (χ2n) is 6.68. The van der Waals surface area contributed by atoms with E-state index in [0.717, 1.165) is 22.4 Å². The van der Waals surface area contributed by atoms with Gasteiger partial charge in [-0.25, -0.2) is 4.79 Å². The number of imide groups is 1. The molecule has 0 unspecified atom stereocenters. The average molecular weight is 422 g/mol. The van der Waals surface area contributed by atoms with Gasteiger partial charge in [-0.05, 0) is 32.0 Å². The van der Waals surface area contributed by atoms with E-state index in [-0.39, 0.29) is 12.3 Å². The Balaban J connectivity index is 1.85. The van der Waals surface area contributed by atoms with E-state index in [4.69, 9.17) is 0 Å². The first-order valence-corrected chi connectivity index (χ1v) is 10.4. The zero-order chi connectivity index (χ0) is 21.5. The highest BCUT2D eigenvalue weighted by molar-refractivity contribution is 7.99. The number of nitrogens with one attached hydrogen (secondary N) is 2. The zero-order valence-electron chi connectivity index (χ0n) is 16.9. The third-order valence-corrected chi connectivity index (χ3v) is 5.12. The van der Waals surface area contributed by atoms with Gasteiger partial charge in [0.15, 0.2) is 11.0 Å². The second-order valence-corrected chi connectivity index (χ2v) is 7.62. The van der Waals surface area contributed by atoms with Crippen molar-refractivity contribution in [1.82, 2.24) is 25.4 Å². The maximum atomic E-state index is 12.1. The Bertz CT molecular complexity index is 1060. The summed E-state index contributed by atoms with van der Waals surface area (Å²) in [5.74, 6) is 0.297. The number of rotatable bonds is 7. The lowest BCUT2D eigenvalue weighted by Gasteiger charge is -2.11. The number of aryl methyl sites for hydroxylation is 2. The Labute approximate surface area is 179 Å². The van der Waals surface area contributed by atoms with Gasteiger partial charge < -0.3 is 5.32 Å². The smallest absolute Gasteiger partial charge is 0.321 e. The molecule has 7 nitrogen and oxygen atoms in total. The third-order valence-electron chi connectivity index (χ3n) is 4.19. The molecule has 3 amide bonds. The summed E-state index contributed by atoms with van der Waals surface area (Å²) in [6.45, 7) is 7.84. The molecule has 30 heavy (non-hydrogen) atoms. The highest BCUT2D eigenvalue weighted by Crippen LogP contribution is 2.28. The predicted octanol–water partition coefficient (Wildman–Crippen LogP) is 3.66. The number of nitrogens with zero attached hydrogens (tertiary/aromatic N) is 3. The minimum Gasteiger partial charge on any atom is -0.334 e. The molecule has 2 N–H and O–H groups in total. The van der Waals surface area contributed by atoms with Gasteiger partial charge in [-0.1, -0.05) is 59.3 Å². The summed E-state index contributed by atoms with van der Waals surface area (Å²) in [5, 5.41) is 14.0. The second kappa shape index (κ2) is 9.89. The summed E-state index contributed by atoms with van der Waals surface area (Å²) < 4.78 is 1.92. The quantitative estimate of drug-likeness (QED) is 0.449. The molecular weight excluding hydrogens is 398 g/mol. The van der Waals surface area contributed by atoms with Crippen molar-refractivity contribution in [2.24, 2.45) is 0 Å². The Kier molecular flexibility index (Phi) is 7.03. The lowest BCUT2D eigenvalue weighted by atomic mass is 10.1. The molecule has 0 saturated heterocycles. The summed E-state index contributed by atoms with van der Waals surface area (Å²) in [7, 11) is 0. The van der Waals surface area contributed by atoms with E-state index in [1.165, 1.54) is 17.8 Å². The van der Waals surface area contributed by atoms with Gasteiger partial charge in [0, 0.05) is 17.8 Å². The number of benzene rings is 2. The SMILES string of the molecule is C=CCNC(=O)NC(=O)CSc1nnc(-c2cccc(C)c2)n1-c1ccc(C)cc1. The molecular formula is C22H23N5O2S. The number of amides is 3. The van der Waals surface area contributed by atoms with Crippen molar-refractivity contribution in [3.8, 4) is 17.1 Å². The maximum absolute atomic E-state index is 12.1. The van der Waals surface area contributed by atoms with Crippen LogP contribution >= 0.6 is 11.8 Å². The normalized spacial score (nSPS) is 10.5. The molecule has 0 aliphatic rings. The number of aromatic nitrogens is 3. The van der Waals surface area contributed by atoms with Gasteiger partial charge >= 0.3 is 6.03 Å². The van der Waals surface area contributed by atoms with E-state index in [9.17, 15) is 9.59 Å². The standard InChI is InChI=1S/C22H23N5O2S/c1-4-12-23-21(29)24-19(28)14-30-22-26-25-20(17-7-5-6-16(3)13-17)27(22)18-10-8-15(2)9-11-18/h4-11,13H,1,12,14H2,2-3H3,(H2,23,24,28,29). The van der Waals surface area contributed by atoms with Crippen LogP contribution in [-0.2, 0) is 4.79 Å². The lowest BCUT2D eigenvalue weighted by Crippen LogP contribution is -2.40. The molecule has 0 aliphatic heterocycles. The Hall–Kier alpha value is -3.39. The van der Waals surface area contributed by atoms with Gasteiger partial charge in [0.05, 0.1) is 5.75 Å². The summed E-state index contributed by atoms with van der Waals surface area (Å²) in [6, 6.07) is 15.5. The number of hydrogen-bond acceptors (Lipinski definition) is 5. The van der Waals surface area contributed by atoms with Crippen LogP contribution < -0.4 is 10.6 Å². The number of carbonyl (C=O) groups is 2. The lowest BCUT2D eigenvalue weighted by molar-refractivity contribution is -0.117. The molecule has 1 heterocycles. The molecule has 0 atom stereocenters. The monoisotopic (exact) mass is 421 g/mol. The summed E-state index contributed by atoms with van der Waals surface area (Å²) >= 11 is 1.22. The molecule has 8 heteroatoms. The van der Waals surface area contributed by atoms with Crippen LogP contribution in [0.25, 0.3) is 17.1 Å². The van der Waals surface area contributed by atoms with E-state index < -0.39 is 11.9 Å². The van der Waals surface area contributed by atoms with Gasteiger partial charge in [-0.15, -0.1) is 16.8 Å². The minimum atomic E-state index is -0.555. The molecule has 0 aliphatic carbocycles. The number of urea groups is 1. The summed E-state index contributed by atoms with van der Waals surface area (Å²) in [6.07, 6.45) is 1.54. The third kappa shape index (κ3) is 5.36. The van der Waals surface area contributed by atoms with Crippen LogP contribution in [0, 0.1) is 13.8 Å². The van der Waals surface area contributed by atoms with Crippen LogP contribution in [0.1, 0.15) is 11.1 Å². The predicted molar refractivity (Wildman–Crippen MR) is 119 cm³/mol. The highest BCUT2D eigenvalue weighted by atomic mass is 32.2. The first-order valence-electron chi connectivity index (χ1n) is 9.39. The van der Waals surface area contributed by atoms with Gasteiger partial charge in [-0.3, -0.25) is 14.7 Å². The van der Waals surface area contributed by atoms with Crippen molar-refractivity contribution in [3.05, 3.63) is 72.3 Å². The van der Waals surface area contributed by atoms with Gasteiger partial charge in [0.1, 0.15) is 0 Å². The van der Waals surface area contributed by atoms with Crippen LogP contribution in [0.4, 0.5) is 4.79 Å². The number of hydrogen-bond donors (Lipinski definition) is 2.